The lowest BCUT2D eigenvalue weighted by Gasteiger charge is -2.12. The SMILES string of the molecule is CCn1nnc(C2CCCCCC2)c1CN. The molecule has 0 aromatic carbocycles. The van der Waals surface area contributed by atoms with Gasteiger partial charge in [0.25, 0.3) is 0 Å². The Hall–Kier alpha value is -0.900. The Balaban J connectivity index is 2.20. The maximum absolute atomic E-state index is 5.82. The Morgan fingerprint density at radius 2 is 1.94 bits per heavy atom. The Morgan fingerprint density at radius 1 is 1.25 bits per heavy atom. The first kappa shape index (κ1) is 11.6. The van der Waals surface area contributed by atoms with Crippen molar-refractivity contribution in [1.29, 1.82) is 0 Å². The lowest BCUT2D eigenvalue weighted by Crippen LogP contribution is -2.11. The van der Waals surface area contributed by atoms with Crippen LogP contribution < -0.4 is 5.73 Å². The summed E-state index contributed by atoms with van der Waals surface area (Å²) >= 11 is 0. The van der Waals surface area contributed by atoms with Crippen LogP contribution in [0.25, 0.3) is 0 Å². The van der Waals surface area contributed by atoms with E-state index in [4.69, 9.17) is 5.73 Å². The van der Waals surface area contributed by atoms with Crippen molar-refractivity contribution in [3.8, 4) is 0 Å². The van der Waals surface area contributed by atoms with Crippen LogP contribution in [0.4, 0.5) is 0 Å². The molecule has 2 N–H and O–H groups in total. The summed E-state index contributed by atoms with van der Waals surface area (Å²) in [6.07, 6.45) is 7.92. The van der Waals surface area contributed by atoms with Crippen molar-refractivity contribution in [2.24, 2.45) is 5.73 Å². The number of aromatic nitrogens is 3. The summed E-state index contributed by atoms with van der Waals surface area (Å²) in [4.78, 5) is 0. The van der Waals surface area contributed by atoms with Crippen LogP contribution in [0, 0.1) is 0 Å². The van der Waals surface area contributed by atoms with Gasteiger partial charge in [-0.25, -0.2) is 4.68 Å². The number of rotatable bonds is 3. The molecule has 1 aliphatic rings. The quantitative estimate of drug-likeness (QED) is 0.798. The van der Waals surface area contributed by atoms with E-state index >= 15 is 0 Å². The third-order valence-corrected chi connectivity index (χ3v) is 3.60. The molecule has 0 atom stereocenters. The fourth-order valence-corrected chi connectivity index (χ4v) is 2.68. The number of aryl methyl sites for hydroxylation is 1. The summed E-state index contributed by atoms with van der Waals surface area (Å²) in [5.41, 5.74) is 8.14. The highest BCUT2D eigenvalue weighted by Crippen LogP contribution is 2.31. The van der Waals surface area contributed by atoms with E-state index < -0.39 is 0 Å². The van der Waals surface area contributed by atoms with Gasteiger partial charge in [-0.2, -0.15) is 0 Å². The third-order valence-electron chi connectivity index (χ3n) is 3.60. The summed E-state index contributed by atoms with van der Waals surface area (Å²) < 4.78 is 1.94. The molecule has 90 valence electrons. The van der Waals surface area contributed by atoms with Gasteiger partial charge in [-0.15, -0.1) is 5.10 Å². The van der Waals surface area contributed by atoms with E-state index in [1.165, 1.54) is 44.2 Å². The minimum absolute atomic E-state index is 0.562. The lowest BCUT2D eigenvalue weighted by atomic mass is 9.95. The van der Waals surface area contributed by atoms with Gasteiger partial charge in [0, 0.05) is 19.0 Å². The van der Waals surface area contributed by atoms with Crippen LogP contribution in [0.3, 0.4) is 0 Å². The van der Waals surface area contributed by atoms with Gasteiger partial charge in [0.15, 0.2) is 0 Å². The highest BCUT2D eigenvalue weighted by molar-refractivity contribution is 5.15. The smallest absolute Gasteiger partial charge is 0.0903 e. The van der Waals surface area contributed by atoms with Gasteiger partial charge in [-0.1, -0.05) is 30.9 Å². The average Bonchev–Trinajstić information content (AvgIpc) is 2.54. The van der Waals surface area contributed by atoms with Crippen molar-refractivity contribution < 1.29 is 0 Å². The summed E-state index contributed by atoms with van der Waals surface area (Å²) in [5.74, 6) is 0.598. The number of hydrogen-bond donors (Lipinski definition) is 1. The molecule has 16 heavy (non-hydrogen) atoms. The molecule has 1 fully saturated rings. The van der Waals surface area contributed by atoms with Crippen molar-refractivity contribution in [1.82, 2.24) is 15.0 Å². The molecule has 4 heteroatoms. The number of hydrogen-bond acceptors (Lipinski definition) is 3. The van der Waals surface area contributed by atoms with E-state index in [0.29, 0.717) is 12.5 Å². The van der Waals surface area contributed by atoms with Crippen molar-refractivity contribution in [3.63, 3.8) is 0 Å². The molecular formula is C12H22N4. The van der Waals surface area contributed by atoms with Gasteiger partial charge in [-0.05, 0) is 19.8 Å². The van der Waals surface area contributed by atoms with E-state index in [1.54, 1.807) is 0 Å². The topological polar surface area (TPSA) is 56.7 Å². The van der Waals surface area contributed by atoms with Crippen LogP contribution in [0.1, 0.15) is 62.8 Å². The van der Waals surface area contributed by atoms with Gasteiger partial charge in [-0.3, -0.25) is 0 Å². The predicted molar refractivity (Wildman–Crippen MR) is 64.0 cm³/mol. The maximum Gasteiger partial charge on any atom is 0.0903 e. The second-order valence-corrected chi connectivity index (χ2v) is 4.63. The Bertz CT molecular complexity index is 324. The first-order valence-corrected chi connectivity index (χ1v) is 6.49. The molecule has 1 aliphatic carbocycles. The molecule has 0 unspecified atom stereocenters. The fraction of sp³-hybridized carbons (Fsp3) is 0.833. The Kier molecular flexibility index (Phi) is 3.93. The normalized spacial score (nSPS) is 18.6. The fourth-order valence-electron chi connectivity index (χ4n) is 2.68. The molecular weight excluding hydrogens is 200 g/mol. The first-order valence-electron chi connectivity index (χ1n) is 6.49. The van der Waals surface area contributed by atoms with Crippen LogP contribution >= 0.6 is 0 Å². The molecule has 0 spiro atoms. The van der Waals surface area contributed by atoms with Gasteiger partial charge in [0.2, 0.25) is 0 Å². The zero-order chi connectivity index (χ0) is 11.4. The van der Waals surface area contributed by atoms with Crippen LogP contribution in [0.15, 0.2) is 0 Å². The van der Waals surface area contributed by atoms with Gasteiger partial charge >= 0.3 is 0 Å². The first-order chi connectivity index (χ1) is 7.86. The van der Waals surface area contributed by atoms with Crippen molar-refractivity contribution in [2.75, 3.05) is 0 Å². The highest BCUT2D eigenvalue weighted by Gasteiger charge is 2.21. The summed E-state index contributed by atoms with van der Waals surface area (Å²) in [6, 6.07) is 0. The molecule has 1 saturated carbocycles. The number of nitrogens with zero attached hydrogens (tertiary/aromatic N) is 3. The van der Waals surface area contributed by atoms with Gasteiger partial charge in [0.1, 0.15) is 0 Å². The largest absolute Gasteiger partial charge is 0.325 e. The minimum atomic E-state index is 0.562. The van der Waals surface area contributed by atoms with Crippen molar-refractivity contribution in [2.45, 2.75) is 64.5 Å². The molecule has 0 saturated heterocycles. The van der Waals surface area contributed by atoms with Crippen LogP contribution in [-0.2, 0) is 13.1 Å². The lowest BCUT2D eigenvalue weighted by molar-refractivity contribution is 0.570. The Morgan fingerprint density at radius 3 is 2.50 bits per heavy atom. The van der Waals surface area contributed by atoms with Gasteiger partial charge < -0.3 is 5.73 Å². The van der Waals surface area contributed by atoms with E-state index in [1.807, 2.05) is 4.68 Å². The van der Waals surface area contributed by atoms with Crippen molar-refractivity contribution >= 4 is 0 Å². The molecule has 0 amide bonds. The molecule has 1 aromatic heterocycles. The van der Waals surface area contributed by atoms with E-state index in [2.05, 4.69) is 17.2 Å². The van der Waals surface area contributed by atoms with Gasteiger partial charge in [0.05, 0.1) is 11.4 Å². The monoisotopic (exact) mass is 222 g/mol. The zero-order valence-electron chi connectivity index (χ0n) is 10.2. The molecule has 0 aliphatic heterocycles. The minimum Gasteiger partial charge on any atom is -0.325 e. The maximum atomic E-state index is 5.82. The van der Waals surface area contributed by atoms with E-state index in [9.17, 15) is 0 Å². The molecule has 0 bridgehead atoms. The predicted octanol–water partition coefficient (Wildman–Crippen LogP) is 2.19. The average molecular weight is 222 g/mol. The highest BCUT2D eigenvalue weighted by atomic mass is 15.4. The van der Waals surface area contributed by atoms with Crippen LogP contribution in [0.2, 0.25) is 0 Å². The summed E-state index contributed by atoms with van der Waals surface area (Å²) in [7, 11) is 0. The standard InChI is InChI=1S/C12H22N4/c1-2-16-11(9-13)12(14-15-16)10-7-5-3-4-6-8-10/h10H,2-9,13H2,1H3. The molecule has 0 radical (unpaired) electrons. The number of nitrogens with two attached hydrogens (primary N) is 1. The Labute approximate surface area is 97.2 Å². The third kappa shape index (κ3) is 2.26. The zero-order valence-corrected chi connectivity index (χ0v) is 10.2. The molecule has 2 rings (SSSR count). The van der Waals surface area contributed by atoms with Crippen molar-refractivity contribution in [3.05, 3.63) is 11.4 Å². The second-order valence-electron chi connectivity index (χ2n) is 4.63. The summed E-state index contributed by atoms with van der Waals surface area (Å²) in [6.45, 7) is 3.52. The van der Waals surface area contributed by atoms with E-state index in [0.717, 1.165) is 12.2 Å². The molecule has 1 heterocycles. The van der Waals surface area contributed by atoms with E-state index in [-0.39, 0.29) is 0 Å². The molecule has 4 nitrogen and oxygen atoms in total. The van der Waals surface area contributed by atoms with Crippen LogP contribution in [-0.4, -0.2) is 15.0 Å². The van der Waals surface area contributed by atoms with Crippen LogP contribution in [0.5, 0.6) is 0 Å². The second kappa shape index (κ2) is 5.43. The summed E-state index contributed by atoms with van der Waals surface area (Å²) in [5, 5.41) is 8.55. The molecule has 1 aromatic rings.